The molecule has 0 spiro atoms. The molecule has 4 aromatic heterocycles. The zero-order valence-electron chi connectivity index (χ0n) is 44.8. The fourth-order valence-corrected chi connectivity index (χ4v) is 9.62. The predicted octanol–water partition coefficient (Wildman–Crippen LogP) is 9.84. The van der Waals surface area contributed by atoms with Crippen molar-refractivity contribution < 1.29 is 32.3 Å². The number of primary amides is 2. The summed E-state index contributed by atoms with van der Waals surface area (Å²) in [7, 11) is -0.359. The third-order valence-electron chi connectivity index (χ3n) is 13.0. The molecule has 3 amide bonds. The van der Waals surface area contributed by atoms with Gasteiger partial charge in [-0.15, -0.1) is 0 Å². The molecule has 21 heteroatoms. The molecular weight excluding hydrogens is 1060 g/mol. The first-order valence-electron chi connectivity index (χ1n) is 26.3. The number of ether oxygens (including phenoxy) is 2. The number of rotatable bonds is 24. The van der Waals surface area contributed by atoms with Gasteiger partial charge in [0, 0.05) is 49.3 Å². The van der Waals surface area contributed by atoms with Gasteiger partial charge in [0.1, 0.15) is 29.7 Å². The summed E-state index contributed by atoms with van der Waals surface area (Å²) in [5.74, 6) is 2.39. The predicted molar refractivity (Wildman–Crippen MR) is 330 cm³/mol. The van der Waals surface area contributed by atoms with Crippen molar-refractivity contribution in [3.05, 3.63) is 155 Å². The van der Waals surface area contributed by atoms with Crippen molar-refractivity contribution >= 4 is 56.7 Å². The number of carbonyl (C=O) groups excluding carboxylic acids is 3. The van der Waals surface area contributed by atoms with E-state index in [0.29, 0.717) is 58.7 Å². The van der Waals surface area contributed by atoms with Gasteiger partial charge in [0.05, 0.1) is 49.5 Å². The number of nitrogens with two attached hydrogens (primary N) is 2. The minimum Gasteiger partial charge on any atom is -0.493 e. The minimum absolute atomic E-state index is 0. The van der Waals surface area contributed by atoms with E-state index in [1.165, 1.54) is 30.8 Å². The summed E-state index contributed by atoms with van der Waals surface area (Å²) in [4.78, 5) is 57.6. The summed E-state index contributed by atoms with van der Waals surface area (Å²) in [6, 6.07) is 31.3. The topological polar surface area (TPSA) is 276 Å². The Morgan fingerprint density at radius 2 is 1.30 bits per heavy atom. The van der Waals surface area contributed by atoms with Gasteiger partial charge in [0.25, 0.3) is 11.8 Å². The number of amides is 3. The number of fused-ring (bicyclic) bond motifs is 1. The molecule has 0 radical (unpaired) electrons. The maximum Gasteiger partial charge on any atom is 0.254 e. The molecule has 0 bridgehead atoms. The second kappa shape index (κ2) is 33.4. The molecule has 8 N–H and O–H groups in total. The SMILES string of the molecule is C.C.C.C.CCCNc1ncc(C(N)=O)c(NC2CCCC2)n1.COc1ccc(CCCc2ncc(C(N)=O)c(NC3CC3)n2)cc1OC.CS(=O)(=O)N(CC(=O)NCc1nc2ccccn2c1CCc1ccccc1)c1ccccc1. The van der Waals surface area contributed by atoms with Crippen LogP contribution in [0.15, 0.2) is 116 Å². The third-order valence-corrected chi connectivity index (χ3v) is 14.1. The first-order chi connectivity index (χ1) is 37.7. The van der Waals surface area contributed by atoms with Crippen molar-refractivity contribution in [1.82, 2.24) is 34.6 Å². The zero-order chi connectivity index (χ0) is 55.4. The highest BCUT2D eigenvalue weighted by atomic mass is 32.2. The maximum absolute atomic E-state index is 12.7. The average molecular weight is 1150 g/mol. The van der Waals surface area contributed by atoms with Crippen molar-refractivity contribution in [2.45, 2.75) is 132 Å². The molecule has 2 saturated carbocycles. The number of hydrogen-bond acceptors (Lipinski definition) is 15. The van der Waals surface area contributed by atoms with Gasteiger partial charge in [0.2, 0.25) is 21.9 Å². The molecule has 0 unspecified atom stereocenters. The Morgan fingerprint density at radius 1 is 0.695 bits per heavy atom. The molecule has 2 fully saturated rings. The lowest BCUT2D eigenvalue weighted by molar-refractivity contribution is -0.119. The summed E-state index contributed by atoms with van der Waals surface area (Å²) < 4.78 is 38.3. The van der Waals surface area contributed by atoms with E-state index < -0.39 is 27.7 Å². The number of nitrogens with one attached hydrogen (secondary N) is 4. The Balaban J connectivity index is 0.000000326. The highest BCUT2D eigenvalue weighted by molar-refractivity contribution is 7.92. The molecule has 0 saturated heterocycles. The number of hydrogen-bond donors (Lipinski definition) is 6. The minimum atomic E-state index is -3.61. The van der Waals surface area contributed by atoms with E-state index in [-0.39, 0.29) is 42.8 Å². The van der Waals surface area contributed by atoms with Crippen LogP contribution < -0.4 is 46.5 Å². The number of sulfonamides is 1. The van der Waals surface area contributed by atoms with Crippen LogP contribution in [0.1, 0.15) is 137 Å². The van der Waals surface area contributed by atoms with Crippen LogP contribution in [0.5, 0.6) is 11.5 Å². The van der Waals surface area contributed by atoms with Crippen LogP contribution in [0.4, 0.5) is 23.3 Å². The van der Waals surface area contributed by atoms with Gasteiger partial charge in [-0.1, -0.05) is 110 Å². The van der Waals surface area contributed by atoms with Crippen molar-refractivity contribution in [3.8, 4) is 11.5 Å². The van der Waals surface area contributed by atoms with Crippen molar-refractivity contribution in [2.75, 3.05) is 53.8 Å². The van der Waals surface area contributed by atoms with Gasteiger partial charge < -0.3 is 46.6 Å². The standard InChI is InChI=1S/C25H26N4O3S.C19H24N4O3.C13H21N5O.4CH4/c1-33(31,32)29(21-12-6-3-7-13-21)19-25(30)26-18-22-23(16-15-20-10-4-2-5-11-20)28-17-9-8-14-24(28)27-22;1-25-15-9-6-12(10-16(15)26-2)4-3-5-17-21-11-14(18(20)24)19(23-17)22-13-7-8-13;1-2-7-15-13-16-8-10(11(14)19)12(18-13)17-9-5-3-4-6-9;;;;/h2-14,17H,15-16,18-19H2,1H3,(H,26,30);6,9-11,13H,3-5,7-8H2,1-2H3,(H2,20,24)(H,21,22,23);8-9H,2-7H2,1H3,(H2,14,19)(H2,15,16,17,18);4*1H4. The fraction of sp³-hybridized carbons (Fsp3) is 0.410. The molecule has 7 aromatic rings. The van der Waals surface area contributed by atoms with Crippen LogP contribution in [0.3, 0.4) is 0 Å². The van der Waals surface area contributed by atoms with E-state index >= 15 is 0 Å². The Morgan fingerprint density at radius 3 is 1.91 bits per heavy atom. The molecule has 2 aliphatic rings. The molecule has 20 nitrogen and oxygen atoms in total. The van der Waals surface area contributed by atoms with Crippen LogP contribution in [-0.2, 0) is 47.0 Å². The van der Waals surface area contributed by atoms with Gasteiger partial charge in [0.15, 0.2) is 11.5 Å². The van der Waals surface area contributed by atoms with Crippen LogP contribution in [0, 0.1) is 0 Å². The molecule has 2 aliphatic carbocycles. The smallest absolute Gasteiger partial charge is 0.254 e. The van der Waals surface area contributed by atoms with Crippen molar-refractivity contribution in [2.24, 2.45) is 11.5 Å². The molecule has 9 rings (SSSR count). The number of methoxy groups -OCH3 is 2. The highest BCUT2D eigenvalue weighted by Crippen LogP contribution is 2.29. The normalized spacial score (nSPS) is 12.4. The first-order valence-corrected chi connectivity index (χ1v) is 28.2. The van der Waals surface area contributed by atoms with E-state index in [0.717, 1.165) is 109 Å². The number of para-hydroxylation sites is 1. The lowest BCUT2D eigenvalue weighted by Gasteiger charge is -2.21. The lowest BCUT2D eigenvalue weighted by Crippen LogP contribution is -2.40. The summed E-state index contributed by atoms with van der Waals surface area (Å²) in [5, 5.41) is 12.5. The van der Waals surface area contributed by atoms with E-state index in [2.05, 4.69) is 60.3 Å². The van der Waals surface area contributed by atoms with Gasteiger partial charge in [-0.05, 0) is 105 Å². The number of benzene rings is 3. The Bertz CT molecular complexity index is 3210. The van der Waals surface area contributed by atoms with Gasteiger partial charge in [-0.25, -0.2) is 28.4 Å². The Labute approximate surface area is 485 Å². The number of imidazole rings is 1. The maximum atomic E-state index is 12.7. The number of aromatic nitrogens is 6. The summed E-state index contributed by atoms with van der Waals surface area (Å²) in [6.07, 6.45) is 18.0. The molecule has 3 aromatic carbocycles. The third kappa shape index (κ3) is 20.0. The summed E-state index contributed by atoms with van der Waals surface area (Å²) in [5.41, 5.74) is 16.9. The lowest BCUT2D eigenvalue weighted by atomic mass is 10.1. The molecule has 82 heavy (non-hydrogen) atoms. The number of anilines is 4. The van der Waals surface area contributed by atoms with Crippen LogP contribution >= 0.6 is 0 Å². The summed E-state index contributed by atoms with van der Waals surface area (Å²) >= 11 is 0. The number of carbonyl (C=O) groups is 3. The number of pyridine rings is 1. The van der Waals surface area contributed by atoms with Crippen molar-refractivity contribution in [3.63, 3.8) is 0 Å². The van der Waals surface area contributed by atoms with Crippen LogP contribution in [-0.4, -0.2) is 101 Å². The van der Waals surface area contributed by atoms with Crippen LogP contribution in [0.2, 0.25) is 0 Å². The van der Waals surface area contributed by atoms with Crippen LogP contribution in [0.25, 0.3) is 5.65 Å². The van der Waals surface area contributed by atoms with E-state index in [9.17, 15) is 22.8 Å². The van der Waals surface area contributed by atoms with Crippen molar-refractivity contribution in [1.29, 1.82) is 0 Å². The summed E-state index contributed by atoms with van der Waals surface area (Å²) in [6.45, 7) is 2.80. The van der Waals surface area contributed by atoms with Gasteiger partial charge >= 0.3 is 0 Å². The highest BCUT2D eigenvalue weighted by Gasteiger charge is 2.25. The molecular formula is C61H87N13O7S. The van der Waals surface area contributed by atoms with Gasteiger partial charge in [-0.2, -0.15) is 4.98 Å². The molecule has 0 atom stereocenters. The first kappa shape index (κ1) is 67.9. The van der Waals surface area contributed by atoms with Gasteiger partial charge in [-0.3, -0.25) is 18.7 Å². The molecule has 4 heterocycles. The Hall–Kier alpha value is -8.33. The second-order valence-corrected chi connectivity index (χ2v) is 21.0. The number of aryl methyl sites for hydroxylation is 4. The average Bonchev–Trinajstić information content (AvgIpc) is 4.14. The second-order valence-electron chi connectivity index (χ2n) is 19.0. The molecule has 444 valence electrons. The zero-order valence-corrected chi connectivity index (χ0v) is 45.6. The number of nitrogens with zero attached hydrogens (tertiary/aromatic N) is 7. The van der Waals surface area contributed by atoms with E-state index in [1.54, 1.807) is 44.6 Å². The molecule has 0 aliphatic heterocycles. The largest absolute Gasteiger partial charge is 0.493 e. The monoisotopic (exact) mass is 1150 g/mol. The van der Waals surface area contributed by atoms with E-state index in [1.807, 2.05) is 65.2 Å². The fourth-order valence-electron chi connectivity index (χ4n) is 8.77. The Kier molecular flexibility index (Phi) is 27.7. The quantitative estimate of drug-likeness (QED) is 0.0328. The van der Waals surface area contributed by atoms with E-state index in [4.69, 9.17) is 25.9 Å².